The van der Waals surface area contributed by atoms with E-state index in [0.717, 1.165) is 5.69 Å². The van der Waals surface area contributed by atoms with Gasteiger partial charge in [0.15, 0.2) is 0 Å². The van der Waals surface area contributed by atoms with Gasteiger partial charge < -0.3 is 19.7 Å². The Morgan fingerprint density at radius 2 is 1.79 bits per heavy atom. The first kappa shape index (κ1) is 23.4. The Bertz CT molecular complexity index is 1250. The predicted octanol–water partition coefficient (Wildman–Crippen LogP) is 3.39. The summed E-state index contributed by atoms with van der Waals surface area (Å²) >= 11 is -1.89. The lowest BCUT2D eigenvalue weighted by Crippen LogP contribution is -2.17. The number of hydrogen-bond donors (Lipinski definition) is 1. The number of nitrogens with two attached hydrogens (primary N) is 1. The molecule has 0 radical (unpaired) electrons. The standard InChI is InChI=1S/C20H17F3N8O2S/c1-31(13-5-3-2-4-6-13)19-28-15(27-18(24)29-19)16-26-17(33-30-16)12-7-8-14(25-11-12)34(32)10-9-20(21,22)23/h2-8,11H,9-10H2,1H3,(H2,24,27,28,29). The zero-order valence-electron chi connectivity index (χ0n) is 17.6. The van der Waals surface area contributed by atoms with Crippen molar-refractivity contribution >= 4 is 28.8 Å². The number of benzene rings is 1. The van der Waals surface area contributed by atoms with Gasteiger partial charge in [-0.1, -0.05) is 23.4 Å². The van der Waals surface area contributed by atoms with Crippen molar-refractivity contribution in [2.24, 2.45) is 0 Å². The van der Waals surface area contributed by atoms with Gasteiger partial charge in [0, 0.05) is 36.2 Å². The number of para-hydroxylation sites is 1. The summed E-state index contributed by atoms with van der Waals surface area (Å²) < 4.78 is 54.2. The third-order valence-electron chi connectivity index (χ3n) is 4.50. The van der Waals surface area contributed by atoms with Gasteiger partial charge in [0.2, 0.25) is 28.6 Å². The van der Waals surface area contributed by atoms with Crippen LogP contribution in [0.15, 0.2) is 58.2 Å². The highest BCUT2D eigenvalue weighted by molar-refractivity contribution is 7.91. The Morgan fingerprint density at radius 1 is 1.03 bits per heavy atom. The lowest BCUT2D eigenvalue weighted by molar-refractivity contribution is -0.129. The molecule has 34 heavy (non-hydrogen) atoms. The second kappa shape index (κ2) is 9.61. The van der Waals surface area contributed by atoms with E-state index in [4.69, 9.17) is 10.3 Å². The van der Waals surface area contributed by atoms with Gasteiger partial charge in [0.25, 0.3) is 5.89 Å². The summed E-state index contributed by atoms with van der Waals surface area (Å²) in [5.41, 5.74) is 7.04. The third-order valence-corrected chi connectivity index (χ3v) is 5.78. The maximum absolute atomic E-state index is 12.3. The second-order valence-electron chi connectivity index (χ2n) is 6.93. The number of nitrogen functional groups attached to an aromatic ring is 1. The summed E-state index contributed by atoms with van der Waals surface area (Å²) in [7, 11) is 1.77. The van der Waals surface area contributed by atoms with Crippen LogP contribution >= 0.6 is 0 Å². The summed E-state index contributed by atoms with van der Waals surface area (Å²) in [4.78, 5) is 22.5. The van der Waals surface area contributed by atoms with Crippen molar-refractivity contribution in [2.75, 3.05) is 23.4 Å². The molecule has 0 aliphatic heterocycles. The van der Waals surface area contributed by atoms with E-state index in [9.17, 15) is 17.7 Å². The lowest BCUT2D eigenvalue weighted by Gasteiger charge is -2.17. The summed E-state index contributed by atoms with van der Waals surface area (Å²) in [5, 5.41) is 3.89. The van der Waals surface area contributed by atoms with E-state index in [0.29, 0.717) is 5.56 Å². The highest BCUT2D eigenvalue weighted by Gasteiger charge is 2.30. The first-order valence-corrected chi connectivity index (χ1v) is 11.1. The van der Waals surface area contributed by atoms with E-state index in [2.05, 4.69) is 30.1 Å². The van der Waals surface area contributed by atoms with Crippen LogP contribution in [-0.4, -0.2) is 53.6 Å². The van der Waals surface area contributed by atoms with Crippen LogP contribution in [0.1, 0.15) is 6.42 Å². The van der Waals surface area contributed by atoms with Crippen LogP contribution in [0.25, 0.3) is 23.1 Å². The van der Waals surface area contributed by atoms with Crippen LogP contribution in [0.5, 0.6) is 0 Å². The molecule has 1 unspecified atom stereocenters. The van der Waals surface area contributed by atoms with Crippen molar-refractivity contribution in [3.05, 3.63) is 48.7 Å². The van der Waals surface area contributed by atoms with Crippen molar-refractivity contribution in [2.45, 2.75) is 17.6 Å². The van der Waals surface area contributed by atoms with Gasteiger partial charge in [-0.05, 0) is 18.2 Å². The van der Waals surface area contributed by atoms with Crippen molar-refractivity contribution in [1.82, 2.24) is 30.1 Å². The smallest absolute Gasteiger partial charge is 0.393 e. The zero-order chi connectivity index (χ0) is 24.3. The largest absolute Gasteiger partial charge is 0.610 e. The molecule has 1 atom stereocenters. The lowest BCUT2D eigenvalue weighted by atomic mass is 10.3. The topological polar surface area (TPSA) is 143 Å². The van der Waals surface area contributed by atoms with E-state index >= 15 is 0 Å². The van der Waals surface area contributed by atoms with Crippen molar-refractivity contribution < 1.29 is 22.2 Å². The minimum atomic E-state index is -4.38. The number of nitrogens with zero attached hydrogens (tertiary/aromatic N) is 7. The molecule has 0 saturated carbocycles. The molecule has 4 rings (SSSR count). The molecule has 3 heterocycles. The minimum Gasteiger partial charge on any atom is -0.610 e. The number of rotatable bonds is 7. The summed E-state index contributed by atoms with van der Waals surface area (Å²) in [6.45, 7) is 0. The van der Waals surface area contributed by atoms with Crippen molar-refractivity contribution in [3.8, 4) is 23.1 Å². The first-order valence-electron chi connectivity index (χ1n) is 9.75. The van der Waals surface area contributed by atoms with Gasteiger partial charge in [-0.3, -0.25) is 0 Å². The Balaban J connectivity index is 1.53. The summed E-state index contributed by atoms with van der Waals surface area (Å²) in [5.74, 6) is -0.148. The van der Waals surface area contributed by atoms with Crippen LogP contribution in [0.3, 0.4) is 0 Å². The van der Waals surface area contributed by atoms with Crippen molar-refractivity contribution in [3.63, 3.8) is 0 Å². The third kappa shape index (κ3) is 5.58. The van der Waals surface area contributed by atoms with Gasteiger partial charge in [0.1, 0.15) is 5.75 Å². The Hall–Kier alpha value is -3.78. The molecular weight excluding hydrogens is 473 g/mol. The molecule has 10 nitrogen and oxygen atoms in total. The molecular formula is C20H17F3N8O2S. The van der Waals surface area contributed by atoms with E-state index in [1.807, 2.05) is 30.3 Å². The molecule has 3 aromatic heterocycles. The van der Waals surface area contributed by atoms with Gasteiger partial charge >= 0.3 is 6.18 Å². The van der Waals surface area contributed by atoms with Crippen LogP contribution in [0.4, 0.5) is 30.8 Å². The Labute approximate surface area is 194 Å². The normalized spacial score (nSPS) is 12.5. The maximum atomic E-state index is 12.3. The molecule has 0 bridgehead atoms. The van der Waals surface area contributed by atoms with Crippen LogP contribution in [0.2, 0.25) is 0 Å². The van der Waals surface area contributed by atoms with E-state index in [1.54, 1.807) is 11.9 Å². The van der Waals surface area contributed by atoms with Gasteiger partial charge in [-0.25, -0.2) is 4.98 Å². The molecule has 176 valence electrons. The fourth-order valence-corrected chi connectivity index (χ4v) is 3.80. The average molecular weight is 490 g/mol. The fourth-order valence-electron chi connectivity index (χ4n) is 2.78. The predicted molar refractivity (Wildman–Crippen MR) is 117 cm³/mol. The minimum absolute atomic E-state index is 0.0200. The van der Waals surface area contributed by atoms with Crippen LogP contribution in [0, 0.1) is 0 Å². The molecule has 0 fully saturated rings. The Kier molecular flexibility index (Phi) is 6.61. The average Bonchev–Trinajstić information content (AvgIpc) is 3.32. The molecule has 0 aliphatic rings. The molecule has 1 aromatic carbocycles. The molecule has 0 saturated heterocycles. The highest BCUT2D eigenvalue weighted by atomic mass is 32.2. The van der Waals surface area contributed by atoms with E-state index in [1.165, 1.54) is 18.3 Å². The highest BCUT2D eigenvalue weighted by Crippen LogP contribution is 2.26. The van der Waals surface area contributed by atoms with Crippen LogP contribution < -0.4 is 10.6 Å². The molecule has 2 N–H and O–H groups in total. The van der Waals surface area contributed by atoms with Gasteiger partial charge in [-0.2, -0.15) is 33.1 Å². The number of hydrogen-bond acceptors (Lipinski definition) is 10. The van der Waals surface area contributed by atoms with E-state index in [-0.39, 0.29) is 34.5 Å². The number of halogens is 3. The second-order valence-corrected chi connectivity index (χ2v) is 8.45. The summed E-state index contributed by atoms with van der Waals surface area (Å²) in [6.07, 6.45) is -4.26. The monoisotopic (exact) mass is 490 g/mol. The maximum Gasteiger partial charge on any atom is 0.393 e. The molecule has 14 heteroatoms. The molecule has 0 aliphatic carbocycles. The van der Waals surface area contributed by atoms with Crippen molar-refractivity contribution in [1.29, 1.82) is 0 Å². The number of pyridine rings is 1. The number of anilines is 3. The first-order chi connectivity index (χ1) is 16.2. The van der Waals surface area contributed by atoms with Crippen LogP contribution in [-0.2, 0) is 11.2 Å². The van der Waals surface area contributed by atoms with Gasteiger partial charge in [-0.15, -0.1) is 0 Å². The Morgan fingerprint density at radius 3 is 2.47 bits per heavy atom. The molecule has 0 amide bonds. The van der Waals surface area contributed by atoms with E-state index < -0.39 is 29.5 Å². The quantitative estimate of drug-likeness (QED) is 0.383. The number of aromatic nitrogens is 6. The number of alkyl halides is 3. The fraction of sp³-hybridized carbons (Fsp3) is 0.200. The van der Waals surface area contributed by atoms with Gasteiger partial charge in [0.05, 0.1) is 12.0 Å². The zero-order valence-corrected chi connectivity index (χ0v) is 18.4. The SMILES string of the molecule is CN(c1ccccc1)c1nc(N)nc(-c2noc(-c3ccc([S+]([O-])CCC(F)(F)F)nc3)n2)n1. The molecule has 0 spiro atoms. The summed E-state index contributed by atoms with van der Waals surface area (Å²) in [6, 6.07) is 12.2. The molecule has 4 aromatic rings.